The van der Waals surface area contributed by atoms with Crippen molar-refractivity contribution in [1.82, 2.24) is 15.1 Å². The molecule has 1 amide bonds. The van der Waals surface area contributed by atoms with Crippen molar-refractivity contribution in [2.24, 2.45) is 5.92 Å². The van der Waals surface area contributed by atoms with Gasteiger partial charge in [-0.25, -0.2) is 0 Å². The first-order chi connectivity index (χ1) is 7.59. The number of hydrogen-bond donors (Lipinski definition) is 2. The van der Waals surface area contributed by atoms with Crippen LogP contribution in [0.1, 0.15) is 30.8 Å². The van der Waals surface area contributed by atoms with E-state index in [1.165, 1.54) is 0 Å². The number of aliphatic hydroxyl groups excluding tert-OH is 1. The molecule has 0 aliphatic carbocycles. The Hall–Kier alpha value is -1.36. The fourth-order valence-electron chi connectivity index (χ4n) is 2.24. The van der Waals surface area contributed by atoms with Crippen molar-refractivity contribution in [2.45, 2.75) is 32.4 Å². The molecule has 5 heteroatoms. The molecule has 88 valence electrons. The number of carbonyl (C=O) groups is 1. The van der Waals surface area contributed by atoms with E-state index in [9.17, 15) is 9.90 Å². The van der Waals surface area contributed by atoms with Crippen molar-refractivity contribution in [3.8, 4) is 0 Å². The van der Waals surface area contributed by atoms with Crippen molar-refractivity contribution in [3.05, 3.63) is 18.0 Å². The molecule has 1 fully saturated rings. The number of carbonyl (C=O) groups excluding carboxylic acids is 1. The Morgan fingerprint density at radius 2 is 2.44 bits per heavy atom. The molecule has 0 spiro atoms. The molecule has 2 heterocycles. The van der Waals surface area contributed by atoms with E-state index < -0.39 is 6.10 Å². The highest BCUT2D eigenvalue weighted by Gasteiger charge is 2.36. The fourth-order valence-corrected chi connectivity index (χ4v) is 2.24. The number of nitrogens with zero attached hydrogens (tertiary/aromatic N) is 2. The normalized spacial score (nSPS) is 25.4. The standard InChI is InChI=1S/C11H17N3O2/c1-7(2)10-5-8(15)6-14(10)11(16)9-3-4-12-13-9/h3-4,7-8,10,15H,5-6H2,1-2H3,(H,12,13)/t8-,10?/m1/s1. The summed E-state index contributed by atoms with van der Waals surface area (Å²) in [6, 6.07) is 1.77. The van der Waals surface area contributed by atoms with E-state index in [1.54, 1.807) is 17.2 Å². The summed E-state index contributed by atoms with van der Waals surface area (Å²) in [7, 11) is 0. The van der Waals surface area contributed by atoms with Gasteiger partial charge in [-0.3, -0.25) is 9.89 Å². The predicted octanol–water partition coefficient (Wildman–Crippen LogP) is 0.641. The van der Waals surface area contributed by atoms with Gasteiger partial charge in [-0.05, 0) is 18.4 Å². The van der Waals surface area contributed by atoms with Crippen LogP contribution in [0.2, 0.25) is 0 Å². The molecule has 1 saturated heterocycles. The molecule has 1 aromatic rings. The summed E-state index contributed by atoms with van der Waals surface area (Å²) in [5, 5.41) is 16.1. The zero-order valence-electron chi connectivity index (χ0n) is 9.55. The van der Waals surface area contributed by atoms with Crippen molar-refractivity contribution in [3.63, 3.8) is 0 Å². The molecule has 0 radical (unpaired) electrons. The average Bonchev–Trinajstić information content (AvgIpc) is 2.84. The molecule has 2 rings (SSSR count). The molecular formula is C11H17N3O2. The van der Waals surface area contributed by atoms with Gasteiger partial charge < -0.3 is 10.0 Å². The second kappa shape index (κ2) is 4.25. The van der Waals surface area contributed by atoms with E-state index in [0.29, 0.717) is 24.6 Å². The third-order valence-corrected chi connectivity index (χ3v) is 3.08. The monoisotopic (exact) mass is 223 g/mol. The molecule has 5 nitrogen and oxygen atoms in total. The molecule has 1 aliphatic heterocycles. The number of H-pyrrole nitrogens is 1. The molecule has 0 aromatic carbocycles. The van der Waals surface area contributed by atoms with Crippen LogP contribution in [0.5, 0.6) is 0 Å². The predicted molar refractivity (Wildman–Crippen MR) is 58.9 cm³/mol. The molecule has 1 unspecified atom stereocenters. The largest absolute Gasteiger partial charge is 0.391 e. The summed E-state index contributed by atoms with van der Waals surface area (Å²) >= 11 is 0. The highest BCUT2D eigenvalue weighted by molar-refractivity contribution is 5.92. The minimum Gasteiger partial charge on any atom is -0.391 e. The summed E-state index contributed by atoms with van der Waals surface area (Å²) in [6.07, 6.45) is 1.82. The number of rotatable bonds is 2. The number of likely N-dealkylation sites (tertiary alicyclic amines) is 1. The van der Waals surface area contributed by atoms with Crippen LogP contribution in [0.15, 0.2) is 12.3 Å². The van der Waals surface area contributed by atoms with Crippen LogP contribution in [0.25, 0.3) is 0 Å². The first kappa shape index (κ1) is 11.1. The number of aromatic amines is 1. The van der Waals surface area contributed by atoms with Gasteiger partial charge in [0.1, 0.15) is 5.69 Å². The van der Waals surface area contributed by atoms with Gasteiger partial charge in [0.25, 0.3) is 5.91 Å². The molecule has 0 bridgehead atoms. The lowest BCUT2D eigenvalue weighted by molar-refractivity contribution is 0.0680. The Labute approximate surface area is 94.5 Å². The van der Waals surface area contributed by atoms with E-state index in [1.807, 2.05) is 0 Å². The van der Waals surface area contributed by atoms with Crippen LogP contribution < -0.4 is 0 Å². The third kappa shape index (κ3) is 1.95. The second-order valence-corrected chi connectivity index (χ2v) is 4.63. The zero-order chi connectivity index (χ0) is 11.7. The molecule has 16 heavy (non-hydrogen) atoms. The van der Waals surface area contributed by atoms with E-state index in [0.717, 1.165) is 0 Å². The van der Waals surface area contributed by atoms with Crippen LogP contribution in [0, 0.1) is 5.92 Å². The maximum absolute atomic E-state index is 12.1. The lowest BCUT2D eigenvalue weighted by Crippen LogP contribution is -2.39. The maximum Gasteiger partial charge on any atom is 0.272 e. The zero-order valence-corrected chi connectivity index (χ0v) is 9.55. The first-order valence-electron chi connectivity index (χ1n) is 5.58. The number of nitrogens with one attached hydrogen (secondary N) is 1. The van der Waals surface area contributed by atoms with Crippen LogP contribution in [0.3, 0.4) is 0 Å². The van der Waals surface area contributed by atoms with Gasteiger partial charge in [0.2, 0.25) is 0 Å². The Morgan fingerprint density at radius 3 is 3.00 bits per heavy atom. The number of aromatic nitrogens is 2. The second-order valence-electron chi connectivity index (χ2n) is 4.63. The topological polar surface area (TPSA) is 69.2 Å². The minimum atomic E-state index is -0.403. The highest BCUT2D eigenvalue weighted by Crippen LogP contribution is 2.25. The average molecular weight is 223 g/mol. The number of β-amino-alcohol motifs (C(OH)–C–C–N with tert-alkyl or cyclic N) is 1. The molecule has 0 saturated carbocycles. The van der Waals surface area contributed by atoms with Gasteiger partial charge in [0, 0.05) is 18.8 Å². The van der Waals surface area contributed by atoms with Gasteiger partial charge in [0.05, 0.1) is 6.10 Å². The Bertz CT molecular complexity index is 361. The summed E-state index contributed by atoms with van der Waals surface area (Å²) in [5.74, 6) is 0.275. The Morgan fingerprint density at radius 1 is 1.69 bits per heavy atom. The number of amides is 1. The summed E-state index contributed by atoms with van der Waals surface area (Å²) < 4.78 is 0. The van der Waals surface area contributed by atoms with E-state index >= 15 is 0 Å². The van der Waals surface area contributed by atoms with Crippen molar-refractivity contribution >= 4 is 5.91 Å². The molecular weight excluding hydrogens is 206 g/mol. The van der Waals surface area contributed by atoms with Crippen molar-refractivity contribution in [2.75, 3.05) is 6.54 Å². The summed E-state index contributed by atoms with van der Waals surface area (Å²) in [4.78, 5) is 13.9. The summed E-state index contributed by atoms with van der Waals surface area (Å²) in [6.45, 7) is 4.55. The van der Waals surface area contributed by atoms with Crippen molar-refractivity contribution in [1.29, 1.82) is 0 Å². The van der Waals surface area contributed by atoms with Gasteiger partial charge in [-0.2, -0.15) is 5.10 Å². The Kier molecular flexibility index (Phi) is 2.96. The van der Waals surface area contributed by atoms with Crippen LogP contribution in [0.4, 0.5) is 0 Å². The van der Waals surface area contributed by atoms with Gasteiger partial charge >= 0.3 is 0 Å². The quantitative estimate of drug-likeness (QED) is 0.773. The molecule has 2 atom stereocenters. The molecule has 1 aromatic heterocycles. The van der Waals surface area contributed by atoms with Crippen molar-refractivity contribution < 1.29 is 9.90 Å². The molecule has 1 aliphatic rings. The van der Waals surface area contributed by atoms with Gasteiger partial charge in [-0.15, -0.1) is 0 Å². The van der Waals surface area contributed by atoms with E-state index in [-0.39, 0.29) is 11.9 Å². The van der Waals surface area contributed by atoms with E-state index in [4.69, 9.17) is 0 Å². The maximum atomic E-state index is 12.1. The van der Waals surface area contributed by atoms with Gasteiger partial charge in [0.15, 0.2) is 0 Å². The Balaban J connectivity index is 2.16. The molecule has 2 N–H and O–H groups in total. The van der Waals surface area contributed by atoms with Crippen LogP contribution >= 0.6 is 0 Å². The minimum absolute atomic E-state index is 0.0762. The first-order valence-corrected chi connectivity index (χ1v) is 5.58. The van der Waals surface area contributed by atoms with Crippen LogP contribution in [-0.2, 0) is 0 Å². The SMILES string of the molecule is CC(C)C1C[C@@H](O)CN1C(=O)c1ccn[nH]1. The summed E-state index contributed by atoms with van der Waals surface area (Å²) in [5.41, 5.74) is 0.486. The smallest absolute Gasteiger partial charge is 0.272 e. The lowest BCUT2D eigenvalue weighted by Gasteiger charge is -2.26. The van der Waals surface area contributed by atoms with Gasteiger partial charge in [-0.1, -0.05) is 13.8 Å². The fraction of sp³-hybridized carbons (Fsp3) is 0.636. The highest BCUT2D eigenvalue weighted by atomic mass is 16.3. The van der Waals surface area contributed by atoms with Crippen LogP contribution in [-0.4, -0.2) is 44.8 Å². The van der Waals surface area contributed by atoms with E-state index in [2.05, 4.69) is 24.0 Å². The third-order valence-electron chi connectivity index (χ3n) is 3.08. The number of aliphatic hydroxyl groups is 1. The lowest BCUT2D eigenvalue weighted by atomic mass is 10.0. The number of hydrogen-bond acceptors (Lipinski definition) is 3.